The second-order valence-electron chi connectivity index (χ2n) is 7.22. The number of esters is 1. The summed E-state index contributed by atoms with van der Waals surface area (Å²) >= 11 is 0. The molecule has 0 aromatic heterocycles. The molecule has 146 valence electrons. The lowest BCUT2D eigenvalue weighted by Crippen LogP contribution is -2.28. The van der Waals surface area contributed by atoms with E-state index < -0.39 is 17.8 Å². The fraction of sp³-hybridized carbons (Fsp3) is 0.318. The third kappa shape index (κ3) is 4.57. The lowest BCUT2D eigenvalue weighted by atomic mass is 10.1. The van der Waals surface area contributed by atoms with Gasteiger partial charge in [-0.15, -0.1) is 0 Å². The molecule has 28 heavy (non-hydrogen) atoms. The van der Waals surface area contributed by atoms with E-state index in [1.165, 1.54) is 0 Å². The highest BCUT2D eigenvalue weighted by atomic mass is 16.5. The average Bonchev–Trinajstić information content (AvgIpc) is 3.05. The van der Waals surface area contributed by atoms with Crippen LogP contribution in [0.4, 0.5) is 11.4 Å². The summed E-state index contributed by atoms with van der Waals surface area (Å²) in [6, 6.07) is 13.3. The normalized spacial score (nSPS) is 16.2. The maximum atomic E-state index is 12.3. The van der Waals surface area contributed by atoms with Crippen LogP contribution in [-0.2, 0) is 19.1 Å². The molecule has 3 rings (SSSR count). The second-order valence-corrected chi connectivity index (χ2v) is 7.22. The number of carbonyl (C=O) groups is 3. The van der Waals surface area contributed by atoms with Crippen LogP contribution in [0.2, 0.25) is 0 Å². The van der Waals surface area contributed by atoms with Crippen LogP contribution in [0.25, 0.3) is 0 Å². The largest absolute Gasteiger partial charge is 0.455 e. The first-order valence-electron chi connectivity index (χ1n) is 9.24. The van der Waals surface area contributed by atoms with Gasteiger partial charge in [0.1, 0.15) is 0 Å². The first-order chi connectivity index (χ1) is 13.3. The maximum Gasteiger partial charge on any atom is 0.311 e. The van der Waals surface area contributed by atoms with E-state index in [-0.39, 0.29) is 25.5 Å². The van der Waals surface area contributed by atoms with Gasteiger partial charge in [-0.2, -0.15) is 0 Å². The molecule has 0 aliphatic carbocycles. The standard InChI is InChI=1S/C22H24N2O4/c1-14-5-8-18(9-6-14)24-12-17(11-21(24)26)22(27)28-13-20(25)23-19-10-15(2)4-7-16(19)3/h4-10,17H,11-13H2,1-3H3,(H,23,25)/t17-/m1/s1. The Morgan fingerprint density at radius 2 is 1.75 bits per heavy atom. The van der Waals surface area contributed by atoms with E-state index in [2.05, 4.69) is 5.32 Å². The van der Waals surface area contributed by atoms with E-state index in [0.717, 1.165) is 22.4 Å². The van der Waals surface area contributed by atoms with E-state index in [4.69, 9.17) is 4.74 Å². The van der Waals surface area contributed by atoms with Gasteiger partial charge in [0.15, 0.2) is 6.61 Å². The van der Waals surface area contributed by atoms with Crippen molar-refractivity contribution < 1.29 is 19.1 Å². The van der Waals surface area contributed by atoms with E-state index in [1.54, 1.807) is 4.90 Å². The predicted molar refractivity (Wildman–Crippen MR) is 107 cm³/mol. The Labute approximate surface area is 164 Å². The molecule has 2 amide bonds. The van der Waals surface area contributed by atoms with Crippen molar-refractivity contribution in [1.29, 1.82) is 0 Å². The van der Waals surface area contributed by atoms with Crippen molar-refractivity contribution in [2.45, 2.75) is 27.2 Å². The number of benzene rings is 2. The Morgan fingerprint density at radius 1 is 1.07 bits per heavy atom. The molecular weight excluding hydrogens is 356 g/mol. The van der Waals surface area contributed by atoms with Crippen LogP contribution in [0, 0.1) is 26.7 Å². The molecule has 1 N–H and O–H groups in total. The number of hydrogen-bond donors (Lipinski definition) is 1. The predicted octanol–water partition coefficient (Wildman–Crippen LogP) is 3.15. The van der Waals surface area contributed by atoms with Crippen molar-refractivity contribution in [3.63, 3.8) is 0 Å². The maximum absolute atomic E-state index is 12.3. The van der Waals surface area contributed by atoms with E-state index in [9.17, 15) is 14.4 Å². The van der Waals surface area contributed by atoms with Gasteiger partial charge in [-0.25, -0.2) is 0 Å². The molecule has 1 fully saturated rings. The summed E-state index contributed by atoms with van der Waals surface area (Å²) in [6.45, 7) is 5.69. The molecule has 6 heteroatoms. The summed E-state index contributed by atoms with van der Waals surface area (Å²) in [5.41, 5.74) is 4.52. The Morgan fingerprint density at radius 3 is 2.46 bits per heavy atom. The van der Waals surface area contributed by atoms with Gasteiger partial charge in [0, 0.05) is 24.3 Å². The molecule has 1 heterocycles. The van der Waals surface area contributed by atoms with Crippen LogP contribution in [0.5, 0.6) is 0 Å². The molecular formula is C22H24N2O4. The molecule has 1 aliphatic heterocycles. The van der Waals surface area contributed by atoms with E-state index >= 15 is 0 Å². The molecule has 1 saturated heterocycles. The molecule has 2 aromatic rings. The zero-order chi connectivity index (χ0) is 20.3. The van der Waals surface area contributed by atoms with E-state index in [1.807, 2.05) is 63.2 Å². The van der Waals surface area contributed by atoms with Crippen LogP contribution >= 0.6 is 0 Å². The molecule has 0 saturated carbocycles. The third-order valence-electron chi connectivity index (χ3n) is 4.82. The lowest BCUT2D eigenvalue weighted by molar-refractivity contribution is -0.151. The zero-order valence-electron chi connectivity index (χ0n) is 16.3. The van der Waals surface area contributed by atoms with Crippen LogP contribution < -0.4 is 10.2 Å². The van der Waals surface area contributed by atoms with Crippen molar-refractivity contribution in [3.05, 3.63) is 59.2 Å². The van der Waals surface area contributed by atoms with Crippen LogP contribution in [-0.4, -0.2) is 30.9 Å². The smallest absolute Gasteiger partial charge is 0.311 e. The van der Waals surface area contributed by atoms with Crippen molar-refractivity contribution in [2.24, 2.45) is 5.92 Å². The number of anilines is 2. The number of aryl methyl sites for hydroxylation is 3. The van der Waals surface area contributed by atoms with Crippen LogP contribution in [0.1, 0.15) is 23.1 Å². The first kappa shape index (κ1) is 19.6. The quantitative estimate of drug-likeness (QED) is 0.809. The topological polar surface area (TPSA) is 75.7 Å². The number of hydrogen-bond acceptors (Lipinski definition) is 4. The lowest BCUT2D eigenvalue weighted by Gasteiger charge is -2.16. The summed E-state index contributed by atoms with van der Waals surface area (Å²) in [4.78, 5) is 38.3. The molecule has 2 aromatic carbocycles. The number of nitrogens with one attached hydrogen (secondary N) is 1. The van der Waals surface area contributed by atoms with Crippen molar-refractivity contribution >= 4 is 29.2 Å². The molecule has 1 atom stereocenters. The SMILES string of the molecule is Cc1ccc(N2C[C@H](C(=O)OCC(=O)Nc3cc(C)ccc3C)CC2=O)cc1. The average molecular weight is 380 g/mol. The van der Waals surface area contributed by atoms with Crippen LogP contribution in [0.3, 0.4) is 0 Å². The highest BCUT2D eigenvalue weighted by Gasteiger charge is 2.36. The third-order valence-corrected chi connectivity index (χ3v) is 4.82. The van der Waals surface area contributed by atoms with Gasteiger partial charge in [0.25, 0.3) is 5.91 Å². The Bertz CT molecular complexity index is 905. The van der Waals surface area contributed by atoms with Crippen molar-refractivity contribution in [3.8, 4) is 0 Å². The minimum Gasteiger partial charge on any atom is -0.455 e. The molecule has 0 spiro atoms. The van der Waals surface area contributed by atoms with Crippen molar-refractivity contribution in [2.75, 3.05) is 23.4 Å². The van der Waals surface area contributed by atoms with Gasteiger partial charge in [-0.1, -0.05) is 29.8 Å². The van der Waals surface area contributed by atoms with Gasteiger partial charge in [-0.3, -0.25) is 14.4 Å². The number of rotatable bonds is 5. The number of carbonyl (C=O) groups excluding carboxylic acids is 3. The second kappa shape index (κ2) is 8.25. The fourth-order valence-corrected chi connectivity index (χ4v) is 3.15. The van der Waals surface area contributed by atoms with Crippen molar-refractivity contribution in [1.82, 2.24) is 0 Å². The summed E-state index contributed by atoms with van der Waals surface area (Å²) in [7, 11) is 0. The minimum absolute atomic E-state index is 0.0886. The Hall–Kier alpha value is -3.15. The monoisotopic (exact) mass is 380 g/mol. The number of ether oxygens (including phenoxy) is 1. The fourth-order valence-electron chi connectivity index (χ4n) is 3.15. The van der Waals surface area contributed by atoms with Gasteiger partial charge in [-0.05, 0) is 50.1 Å². The molecule has 0 bridgehead atoms. The summed E-state index contributed by atoms with van der Waals surface area (Å²) in [5, 5.41) is 2.75. The molecule has 6 nitrogen and oxygen atoms in total. The van der Waals surface area contributed by atoms with Gasteiger partial charge in [0.2, 0.25) is 5.91 Å². The summed E-state index contributed by atoms with van der Waals surface area (Å²) < 4.78 is 5.15. The van der Waals surface area contributed by atoms with Crippen LogP contribution in [0.15, 0.2) is 42.5 Å². The van der Waals surface area contributed by atoms with Gasteiger partial charge < -0.3 is 15.0 Å². The number of nitrogens with zero attached hydrogens (tertiary/aromatic N) is 1. The zero-order valence-corrected chi connectivity index (χ0v) is 16.3. The molecule has 0 radical (unpaired) electrons. The highest BCUT2D eigenvalue weighted by Crippen LogP contribution is 2.26. The molecule has 0 unspecified atom stereocenters. The Kier molecular flexibility index (Phi) is 5.78. The van der Waals surface area contributed by atoms with Gasteiger partial charge >= 0.3 is 5.97 Å². The summed E-state index contributed by atoms with van der Waals surface area (Å²) in [6.07, 6.45) is 0.0886. The molecule has 1 aliphatic rings. The highest BCUT2D eigenvalue weighted by molar-refractivity contribution is 6.00. The first-order valence-corrected chi connectivity index (χ1v) is 9.24. The Balaban J connectivity index is 1.53. The van der Waals surface area contributed by atoms with Gasteiger partial charge in [0.05, 0.1) is 5.92 Å². The van der Waals surface area contributed by atoms with E-state index in [0.29, 0.717) is 5.69 Å². The number of amides is 2. The summed E-state index contributed by atoms with van der Waals surface area (Å²) in [5.74, 6) is -1.62. The minimum atomic E-state index is -0.567.